The van der Waals surface area contributed by atoms with Gasteiger partial charge in [-0.15, -0.1) is 0 Å². The monoisotopic (exact) mass is 280 g/mol. The number of thiocyanates is 1. The Balaban J connectivity index is 2.93. The summed E-state index contributed by atoms with van der Waals surface area (Å²) in [5.41, 5.74) is 0. The van der Waals surface area contributed by atoms with Crippen LogP contribution in [0.1, 0.15) is 33.6 Å². The summed E-state index contributed by atoms with van der Waals surface area (Å²) in [5, 5.41) is 14.4. The van der Waals surface area contributed by atoms with Crippen LogP contribution in [-0.4, -0.2) is 34.6 Å². The highest BCUT2D eigenvalue weighted by atomic mass is 32.2. The molecule has 1 N–H and O–H groups in total. The van der Waals surface area contributed by atoms with Gasteiger partial charge in [0.25, 0.3) is 0 Å². The minimum absolute atomic E-state index is 0.443. The van der Waals surface area contributed by atoms with Gasteiger partial charge in [0.1, 0.15) is 5.40 Å². The quantitative estimate of drug-likeness (QED) is 0.445. The molecule has 0 fully saturated rings. The van der Waals surface area contributed by atoms with Gasteiger partial charge >= 0.3 is 0 Å². The molecule has 0 aliphatic heterocycles. The van der Waals surface area contributed by atoms with Gasteiger partial charge in [-0.1, -0.05) is 13.3 Å². The Morgan fingerprint density at radius 1 is 1.21 bits per heavy atom. The van der Waals surface area contributed by atoms with Crippen molar-refractivity contribution >= 4 is 23.7 Å². The number of anilines is 2. The number of thioether (sulfide) groups is 1. The molecule has 0 spiro atoms. The number of nitriles is 1. The van der Waals surface area contributed by atoms with Crippen LogP contribution in [0.4, 0.5) is 11.9 Å². The van der Waals surface area contributed by atoms with Crippen LogP contribution >= 0.6 is 11.8 Å². The summed E-state index contributed by atoms with van der Waals surface area (Å²) < 4.78 is 0. The van der Waals surface area contributed by atoms with Crippen molar-refractivity contribution in [2.24, 2.45) is 0 Å². The Morgan fingerprint density at radius 3 is 2.53 bits per heavy atom. The first-order valence-corrected chi connectivity index (χ1v) is 7.37. The van der Waals surface area contributed by atoms with E-state index in [9.17, 15) is 0 Å². The fourth-order valence-corrected chi connectivity index (χ4v) is 1.88. The third-order valence-electron chi connectivity index (χ3n) is 2.60. The lowest BCUT2D eigenvalue weighted by molar-refractivity contribution is 0.773. The second-order valence-electron chi connectivity index (χ2n) is 3.89. The summed E-state index contributed by atoms with van der Waals surface area (Å²) >= 11 is 0.958. The van der Waals surface area contributed by atoms with Gasteiger partial charge in [-0.05, 0) is 20.3 Å². The van der Waals surface area contributed by atoms with Gasteiger partial charge in [-0.25, -0.2) is 0 Å². The lowest BCUT2D eigenvalue weighted by atomic mass is 10.3. The zero-order chi connectivity index (χ0) is 14.1. The summed E-state index contributed by atoms with van der Waals surface area (Å²) in [4.78, 5) is 15.0. The van der Waals surface area contributed by atoms with Gasteiger partial charge in [-0.3, -0.25) is 0 Å². The van der Waals surface area contributed by atoms with Gasteiger partial charge in [0.2, 0.25) is 17.1 Å². The highest BCUT2D eigenvalue weighted by Gasteiger charge is 2.11. The third-order valence-corrected chi connectivity index (χ3v) is 3.06. The van der Waals surface area contributed by atoms with Crippen molar-refractivity contribution in [3.63, 3.8) is 0 Å². The molecule has 7 heteroatoms. The van der Waals surface area contributed by atoms with Gasteiger partial charge < -0.3 is 10.2 Å². The first kappa shape index (κ1) is 15.5. The molecular weight excluding hydrogens is 260 g/mol. The van der Waals surface area contributed by atoms with E-state index in [2.05, 4.69) is 41.0 Å². The largest absolute Gasteiger partial charge is 0.354 e. The maximum absolute atomic E-state index is 8.75. The summed E-state index contributed by atoms with van der Waals surface area (Å²) in [6, 6.07) is 0. The predicted octanol–water partition coefficient (Wildman–Crippen LogP) is 2.50. The fraction of sp³-hybridized carbons (Fsp3) is 0.667. The SMILES string of the molecule is CCCCNc1nc(SC#N)nc(N(CC)CC)n1. The number of hydrogen-bond donors (Lipinski definition) is 1. The predicted molar refractivity (Wildman–Crippen MR) is 78.3 cm³/mol. The Labute approximate surface area is 118 Å². The van der Waals surface area contributed by atoms with Crippen molar-refractivity contribution in [3.8, 4) is 5.40 Å². The molecule has 0 radical (unpaired) electrons. The number of nitrogens with one attached hydrogen (secondary N) is 1. The van der Waals surface area contributed by atoms with Crippen molar-refractivity contribution in [2.75, 3.05) is 29.9 Å². The van der Waals surface area contributed by atoms with E-state index >= 15 is 0 Å². The molecule has 6 nitrogen and oxygen atoms in total. The standard InChI is InChI=1S/C12H20N6S/c1-4-7-8-14-10-15-11(18(5-2)6-3)17-12(16-10)19-9-13/h4-8H2,1-3H3,(H,14,15,16,17). The molecule has 1 rings (SSSR count). The van der Waals surface area contributed by atoms with Crippen molar-refractivity contribution in [1.82, 2.24) is 15.0 Å². The molecule has 104 valence electrons. The van der Waals surface area contributed by atoms with Crippen LogP contribution in [-0.2, 0) is 0 Å². The summed E-state index contributed by atoms with van der Waals surface area (Å²) in [6.07, 6.45) is 2.17. The summed E-state index contributed by atoms with van der Waals surface area (Å²) in [6.45, 7) is 8.71. The van der Waals surface area contributed by atoms with Crippen LogP contribution in [0.5, 0.6) is 0 Å². The van der Waals surface area contributed by atoms with E-state index < -0.39 is 0 Å². The Bertz CT molecular complexity index is 427. The second kappa shape index (κ2) is 8.53. The molecule has 1 aromatic heterocycles. The number of hydrogen-bond acceptors (Lipinski definition) is 7. The van der Waals surface area contributed by atoms with Gasteiger partial charge in [0, 0.05) is 31.4 Å². The molecule has 0 bridgehead atoms. The Hall–Kier alpha value is -1.55. The van der Waals surface area contributed by atoms with Gasteiger partial charge in [0.15, 0.2) is 0 Å². The molecule has 0 saturated carbocycles. The topological polar surface area (TPSA) is 77.7 Å². The van der Waals surface area contributed by atoms with E-state index in [4.69, 9.17) is 5.26 Å². The number of rotatable bonds is 8. The molecule has 0 saturated heterocycles. The minimum atomic E-state index is 0.443. The van der Waals surface area contributed by atoms with Crippen molar-refractivity contribution in [1.29, 1.82) is 5.26 Å². The van der Waals surface area contributed by atoms with Crippen LogP contribution in [0.2, 0.25) is 0 Å². The maximum Gasteiger partial charge on any atom is 0.231 e. The Kier molecular flexibility index (Phi) is 6.97. The smallest absolute Gasteiger partial charge is 0.231 e. The summed E-state index contributed by atoms with van der Waals surface area (Å²) in [7, 11) is 0. The zero-order valence-electron chi connectivity index (χ0n) is 11.7. The highest BCUT2D eigenvalue weighted by Crippen LogP contribution is 2.17. The molecule has 19 heavy (non-hydrogen) atoms. The fourth-order valence-electron chi connectivity index (χ4n) is 1.54. The molecule has 0 amide bonds. The van der Waals surface area contributed by atoms with E-state index in [-0.39, 0.29) is 0 Å². The lowest BCUT2D eigenvalue weighted by Crippen LogP contribution is -2.25. The van der Waals surface area contributed by atoms with E-state index in [1.165, 1.54) is 0 Å². The van der Waals surface area contributed by atoms with E-state index in [0.717, 1.165) is 44.2 Å². The maximum atomic E-state index is 8.75. The molecular formula is C12H20N6S. The van der Waals surface area contributed by atoms with Crippen LogP contribution in [0.25, 0.3) is 0 Å². The van der Waals surface area contributed by atoms with Gasteiger partial charge in [-0.2, -0.15) is 20.2 Å². The first-order valence-electron chi connectivity index (χ1n) is 6.55. The number of unbranched alkanes of at least 4 members (excludes halogenated alkanes) is 1. The van der Waals surface area contributed by atoms with Crippen LogP contribution in [0.3, 0.4) is 0 Å². The molecule has 0 atom stereocenters. The second-order valence-corrected chi connectivity index (χ2v) is 4.64. The van der Waals surface area contributed by atoms with Crippen molar-refractivity contribution in [2.45, 2.75) is 38.8 Å². The normalized spacial score (nSPS) is 10.0. The number of aromatic nitrogens is 3. The minimum Gasteiger partial charge on any atom is -0.354 e. The first-order chi connectivity index (χ1) is 9.24. The molecule has 0 aliphatic carbocycles. The van der Waals surface area contributed by atoms with Crippen LogP contribution in [0, 0.1) is 10.7 Å². The molecule has 0 aromatic carbocycles. The number of nitrogens with zero attached hydrogens (tertiary/aromatic N) is 5. The molecule has 0 unspecified atom stereocenters. The van der Waals surface area contributed by atoms with Crippen LogP contribution < -0.4 is 10.2 Å². The zero-order valence-corrected chi connectivity index (χ0v) is 12.5. The molecule has 1 heterocycles. The Morgan fingerprint density at radius 2 is 1.95 bits per heavy atom. The van der Waals surface area contributed by atoms with Crippen molar-refractivity contribution < 1.29 is 0 Å². The van der Waals surface area contributed by atoms with Crippen molar-refractivity contribution in [3.05, 3.63) is 0 Å². The average molecular weight is 280 g/mol. The third kappa shape index (κ3) is 4.91. The van der Waals surface area contributed by atoms with Gasteiger partial charge in [0.05, 0.1) is 0 Å². The summed E-state index contributed by atoms with van der Waals surface area (Å²) in [5.74, 6) is 1.17. The van der Waals surface area contributed by atoms with Crippen LogP contribution in [0.15, 0.2) is 5.16 Å². The highest BCUT2D eigenvalue weighted by molar-refractivity contribution is 8.03. The lowest BCUT2D eigenvalue weighted by Gasteiger charge is -2.19. The van der Waals surface area contributed by atoms with E-state index in [1.54, 1.807) is 0 Å². The van der Waals surface area contributed by atoms with E-state index in [0.29, 0.717) is 17.1 Å². The average Bonchev–Trinajstić information content (AvgIpc) is 2.41. The van der Waals surface area contributed by atoms with E-state index in [1.807, 2.05) is 10.3 Å². The molecule has 1 aromatic rings. The molecule has 0 aliphatic rings.